The van der Waals surface area contributed by atoms with Gasteiger partial charge < -0.3 is 4.74 Å². The van der Waals surface area contributed by atoms with Crippen molar-refractivity contribution in [2.75, 3.05) is 13.1 Å². The van der Waals surface area contributed by atoms with Crippen molar-refractivity contribution in [1.29, 1.82) is 0 Å². The fraction of sp³-hybridized carbons (Fsp3) is 0.353. The van der Waals surface area contributed by atoms with Crippen LogP contribution >= 0.6 is 0 Å². The Labute approximate surface area is 137 Å². The van der Waals surface area contributed by atoms with Crippen LogP contribution in [0.15, 0.2) is 47.4 Å². The molecule has 2 heterocycles. The zero-order valence-electron chi connectivity index (χ0n) is 13.3. The van der Waals surface area contributed by atoms with E-state index in [1.54, 1.807) is 18.2 Å². The van der Waals surface area contributed by atoms with Crippen molar-refractivity contribution < 1.29 is 13.2 Å². The monoisotopic (exact) mass is 332 g/mol. The molecule has 0 atom stereocenters. The highest BCUT2D eigenvalue weighted by molar-refractivity contribution is 7.89. The predicted octanol–water partition coefficient (Wildman–Crippen LogP) is 2.40. The van der Waals surface area contributed by atoms with E-state index in [-0.39, 0.29) is 6.10 Å². The van der Waals surface area contributed by atoms with Crippen molar-refractivity contribution in [3.05, 3.63) is 53.7 Å². The van der Waals surface area contributed by atoms with Gasteiger partial charge in [0.05, 0.1) is 18.0 Å². The van der Waals surface area contributed by atoms with E-state index in [0.717, 1.165) is 17.7 Å². The number of rotatable bonds is 5. The van der Waals surface area contributed by atoms with Gasteiger partial charge in [-0.3, -0.25) is 0 Å². The number of hydrogen-bond donors (Lipinski definition) is 0. The molecule has 1 aliphatic heterocycles. The van der Waals surface area contributed by atoms with Gasteiger partial charge in [0.1, 0.15) is 6.10 Å². The molecule has 1 fully saturated rings. The summed E-state index contributed by atoms with van der Waals surface area (Å²) in [5.74, 6) is 0.541. The summed E-state index contributed by atoms with van der Waals surface area (Å²) < 4.78 is 32.2. The van der Waals surface area contributed by atoms with E-state index in [2.05, 4.69) is 4.98 Å². The largest absolute Gasteiger partial charge is 0.472 e. The summed E-state index contributed by atoms with van der Waals surface area (Å²) in [6.07, 6.45) is 0.748. The van der Waals surface area contributed by atoms with Crippen LogP contribution in [-0.4, -0.2) is 36.9 Å². The van der Waals surface area contributed by atoms with Crippen molar-refractivity contribution in [2.24, 2.45) is 0 Å². The summed E-state index contributed by atoms with van der Waals surface area (Å²) in [4.78, 5) is 4.60. The lowest BCUT2D eigenvalue weighted by Gasteiger charge is -2.37. The van der Waals surface area contributed by atoms with E-state index in [4.69, 9.17) is 4.74 Å². The summed E-state index contributed by atoms with van der Waals surface area (Å²) in [7, 11) is -3.43. The smallest absolute Gasteiger partial charge is 0.243 e. The summed E-state index contributed by atoms with van der Waals surface area (Å²) >= 11 is 0. The number of benzene rings is 1. The van der Waals surface area contributed by atoms with Gasteiger partial charge in [0, 0.05) is 11.8 Å². The Bertz CT molecular complexity index is 782. The molecule has 5 nitrogen and oxygen atoms in total. The van der Waals surface area contributed by atoms with Gasteiger partial charge in [0.25, 0.3) is 0 Å². The Morgan fingerprint density at radius 2 is 1.87 bits per heavy atom. The molecule has 0 radical (unpaired) electrons. The zero-order valence-corrected chi connectivity index (χ0v) is 14.1. The minimum atomic E-state index is -3.43. The van der Waals surface area contributed by atoms with Gasteiger partial charge in [-0.1, -0.05) is 25.1 Å². The molecule has 0 aliphatic carbocycles. The minimum absolute atomic E-state index is 0.144. The average Bonchev–Trinajstić information content (AvgIpc) is 2.50. The lowest BCUT2D eigenvalue weighted by atomic mass is 10.2. The SMILES string of the molecule is CCc1ccc(S(=O)(=O)N2CC(Oc3cccc(C)n3)C2)cc1. The molecule has 2 aromatic rings. The van der Waals surface area contributed by atoms with E-state index < -0.39 is 10.0 Å². The van der Waals surface area contributed by atoms with Crippen LogP contribution in [0.25, 0.3) is 0 Å². The molecule has 1 aromatic heterocycles. The molecule has 1 saturated heterocycles. The molecule has 0 saturated carbocycles. The number of aryl methyl sites for hydroxylation is 2. The molecule has 122 valence electrons. The third-order valence-corrected chi connectivity index (χ3v) is 5.78. The Morgan fingerprint density at radius 1 is 1.17 bits per heavy atom. The van der Waals surface area contributed by atoms with Crippen LogP contribution in [-0.2, 0) is 16.4 Å². The van der Waals surface area contributed by atoms with E-state index in [1.807, 2.05) is 38.1 Å². The number of sulfonamides is 1. The molecule has 6 heteroatoms. The Hall–Kier alpha value is -1.92. The molecule has 0 bridgehead atoms. The standard InChI is InChI=1S/C17H20N2O3S/c1-3-14-7-9-16(10-8-14)23(20,21)19-11-15(12-19)22-17-6-4-5-13(2)18-17/h4-10,15H,3,11-12H2,1-2H3. The average molecular weight is 332 g/mol. The fourth-order valence-corrected chi connectivity index (χ4v) is 3.98. The third-order valence-electron chi connectivity index (χ3n) is 3.93. The second-order valence-corrected chi connectivity index (χ2v) is 7.61. The van der Waals surface area contributed by atoms with E-state index in [1.165, 1.54) is 4.31 Å². The second kappa shape index (κ2) is 6.29. The van der Waals surface area contributed by atoms with Crippen molar-refractivity contribution in [3.8, 4) is 5.88 Å². The fourth-order valence-electron chi connectivity index (χ4n) is 2.47. The predicted molar refractivity (Wildman–Crippen MR) is 88.0 cm³/mol. The highest BCUT2D eigenvalue weighted by Crippen LogP contribution is 2.24. The maximum Gasteiger partial charge on any atom is 0.243 e. The molecule has 0 spiro atoms. The van der Waals surface area contributed by atoms with Crippen molar-refractivity contribution in [3.63, 3.8) is 0 Å². The number of ether oxygens (including phenoxy) is 1. The minimum Gasteiger partial charge on any atom is -0.472 e. The zero-order chi connectivity index (χ0) is 16.4. The third kappa shape index (κ3) is 3.38. The first-order chi connectivity index (χ1) is 11.0. The number of pyridine rings is 1. The lowest BCUT2D eigenvalue weighted by molar-refractivity contribution is 0.0719. The van der Waals surface area contributed by atoms with Crippen molar-refractivity contribution in [1.82, 2.24) is 9.29 Å². The number of nitrogens with zero attached hydrogens (tertiary/aromatic N) is 2. The van der Waals surface area contributed by atoms with Crippen LogP contribution in [0.3, 0.4) is 0 Å². The summed E-state index contributed by atoms with van der Waals surface area (Å²) in [5, 5.41) is 0. The van der Waals surface area contributed by atoms with Gasteiger partial charge in [-0.25, -0.2) is 13.4 Å². The quantitative estimate of drug-likeness (QED) is 0.843. The Morgan fingerprint density at radius 3 is 2.48 bits per heavy atom. The first-order valence-electron chi connectivity index (χ1n) is 7.68. The van der Waals surface area contributed by atoms with Gasteiger partial charge >= 0.3 is 0 Å². The van der Waals surface area contributed by atoms with Crippen LogP contribution in [0.5, 0.6) is 5.88 Å². The summed E-state index contributed by atoms with van der Waals surface area (Å²) in [6.45, 7) is 4.64. The highest BCUT2D eigenvalue weighted by atomic mass is 32.2. The molecule has 1 aromatic carbocycles. The number of hydrogen-bond acceptors (Lipinski definition) is 4. The van der Waals surface area contributed by atoms with Crippen molar-refractivity contribution in [2.45, 2.75) is 31.3 Å². The van der Waals surface area contributed by atoms with E-state index in [9.17, 15) is 8.42 Å². The first-order valence-corrected chi connectivity index (χ1v) is 9.12. The van der Waals surface area contributed by atoms with Crippen LogP contribution in [0, 0.1) is 6.92 Å². The van der Waals surface area contributed by atoms with Crippen LogP contribution in [0.2, 0.25) is 0 Å². The normalized spacial score (nSPS) is 16.1. The Balaban J connectivity index is 1.63. The molecule has 23 heavy (non-hydrogen) atoms. The van der Waals surface area contributed by atoms with E-state index in [0.29, 0.717) is 23.9 Å². The van der Waals surface area contributed by atoms with Gasteiger partial charge in [-0.15, -0.1) is 0 Å². The highest BCUT2D eigenvalue weighted by Gasteiger charge is 2.38. The molecule has 0 N–H and O–H groups in total. The lowest BCUT2D eigenvalue weighted by Crippen LogP contribution is -2.56. The number of aromatic nitrogens is 1. The molecular formula is C17H20N2O3S. The Kier molecular flexibility index (Phi) is 4.37. The molecule has 0 amide bonds. The summed E-state index contributed by atoms with van der Waals surface area (Å²) in [6, 6.07) is 12.6. The molecular weight excluding hydrogens is 312 g/mol. The summed E-state index contributed by atoms with van der Waals surface area (Å²) in [5.41, 5.74) is 2.00. The topological polar surface area (TPSA) is 59.5 Å². The molecule has 0 unspecified atom stereocenters. The van der Waals surface area contributed by atoms with E-state index >= 15 is 0 Å². The van der Waals surface area contributed by atoms with Crippen LogP contribution < -0.4 is 4.74 Å². The molecule has 1 aliphatic rings. The maximum atomic E-state index is 12.5. The van der Waals surface area contributed by atoms with Crippen molar-refractivity contribution >= 4 is 10.0 Å². The van der Waals surface area contributed by atoms with Gasteiger partial charge in [-0.05, 0) is 37.1 Å². The van der Waals surface area contributed by atoms with Gasteiger partial charge in [-0.2, -0.15) is 4.31 Å². The second-order valence-electron chi connectivity index (χ2n) is 5.68. The molecule has 3 rings (SSSR count). The van der Waals surface area contributed by atoms with Crippen LogP contribution in [0.4, 0.5) is 0 Å². The maximum absolute atomic E-state index is 12.5. The first kappa shape index (κ1) is 16.0. The van der Waals surface area contributed by atoms with Gasteiger partial charge in [0.2, 0.25) is 15.9 Å². The van der Waals surface area contributed by atoms with Crippen LogP contribution in [0.1, 0.15) is 18.2 Å². The van der Waals surface area contributed by atoms with Gasteiger partial charge in [0.15, 0.2) is 0 Å².